The van der Waals surface area contributed by atoms with Crippen LogP contribution in [0.3, 0.4) is 0 Å². The lowest BCUT2D eigenvalue weighted by Gasteiger charge is -2.06. The zero-order valence-corrected chi connectivity index (χ0v) is 12.4. The normalized spacial score (nSPS) is 10.4. The van der Waals surface area contributed by atoms with E-state index in [0.717, 1.165) is 31.0 Å². The van der Waals surface area contributed by atoms with Crippen LogP contribution in [0, 0.1) is 5.82 Å². The topological polar surface area (TPSA) is 29.1 Å². The first-order valence-corrected chi connectivity index (χ1v) is 7.44. The third-order valence-corrected chi connectivity index (χ3v) is 3.31. The van der Waals surface area contributed by atoms with Crippen LogP contribution < -0.4 is 5.32 Å². The Kier molecular flexibility index (Phi) is 7.28. The molecule has 0 heterocycles. The Morgan fingerprint density at radius 3 is 2.72 bits per heavy atom. The van der Waals surface area contributed by atoms with E-state index in [2.05, 4.69) is 21.2 Å². The standard InChI is InChI=1S/C13H16BrClFNO/c14-7-3-1-2-4-8-17-13(18)11-9-10(15)5-6-12(11)16/h5-6,9H,1-4,7-8H2,(H,17,18). The summed E-state index contributed by atoms with van der Waals surface area (Å²) in [6, 6.07) is 3.97. The number of amides is 1. The highest BCUT2D eigenvalue weighted by atomic mass is 79.9. The van der Waals surface area contributed by atoms with Crippen LogP contribution in [0.25, 0.3) is 0 Å². The number of hydrogen-bond acceptors (Lipinski definition) is 1. The molecule has 0 unspecified atom stereocenters. The van der Waals surface area contributed by atoms with E-state index in [4.69, 9.17) is 11.6 Å². The van der Waals surface area contributed by atoms with E-state index >= 15 is 0 Å². The number of benzene rings is 1. The van der Waals surface area contributed by atoms with Gasteiger partial charge >= 0.3 is 0 Å². The third-order valence-electron chi connectivity index (χ3n) is 2.52. The fourth-order valence-corrected chi connectivity index (χ4v) is 2.11. The first kappa shape index (κ1) is 15.4. The van der Waals surface area contributed by atoms with Gasteiger partial charge < -0.3 is 5.32 Å². The van der Waals surface area contributed by atoms with Gasteiger partial charge in [0.15, 0.2) is 0 Å². The summed E-state index contributed by atoms with van der Waals surface area (Å²) in [5, 5.41) is 4.06. The lowest BCUT2D eigenvalue weighted by Crippen LogP contribution is -2.25. The highest BCUT2D eigenvalue weighted by molar-refractivity contribution is 9.09. The first-order chi connectivity index (χ1) is 8.65. The van der Waals surface area contributed by atoms with Gasteiger partial charge in [-0.1, -0.05) is 40.4 Å². The van der Waals surface area contributed by atoms with E-state index < -0.39 is 11.7 Å². The predicted octanol–water partition coefficient (Wildman–Crippen LogP) is 4.16. The summed E-state index contributed by atoms with van der Waals surface area (Å²) in [6.45, 7) is 0.563. The number of nitrogens with one attached hydrogen (secondary N) is 1. The second-order valence-electron chi connectivity index (χ2n) is 3.98. The second kappa shape index (κ2) is 8.48. The molecule has 1 aromatic rings. The number of alkyl halides is 1. The third kappa shape index (κ3) is 5.36. The van der Waals surface area contributed by atoms with Gasteiger partial charge in [0.25, 0.3) is 5.91 Å². The summed E-state index contributed by atoms with van der Waals surface area (Å²) in [6.07, 6.45) is 4.23. The van der Waals surface area contributed by atoms with Crippen molar-refractivity contribution in [2.45, 2.75) is 25.7 Å². The second-order valence-corrected chi connectivity index (χ2v) is 5.21. The van der Waals surface area contributed by atoms with E-state index in [0.29, 0.717) is 11.6 Å². The quantitative estimate of drug-likeness (QED) is 0.588. The summed E-state index contributed by atoms with van der Waals surface area (Å²) in [4.78, 5) is 11.7. The Bertz CT molecular complexity index is 401. The molecule has 1 rings (SSSR count). The number of hydrogen-bond donors (Lipinski definition) is 1. The van der Waals surface area contributed by atoms with Crippen molar-refractivity contribution in [1.82, 2.24) is 5.32 Å². The van der Waals surface area contributed by atoms with Gasteiger partial charge in [-0.25, -0.2) is 4.39 Å². The summed E-state index contributed by atoms with van der Waals surface area (Å²) >= 11 is 9.09. The molecule has 0 atom stereocenters. The molecule has 0 aliphatic heterocycles. The van der Waals surface area contributed by atoms with Crippen LogP contribution in [-0.2, 0) is 0 Å². The van der Waals surface area contributed by atoms with Crippen LogP contribution in [0.5, 0.6) is 0 Å². The molecule has 0 saturated heterocycles. The van der Waals surface area contributed by atoms with Crippen LogP contribution in [0.15, 0.2) is 18.2 Å². The Morgan fingerprint density at radius 2 is 2.00 bits per heavy atom. The first-order valence-electron chi connectivity index (χ1n) is 5.94. The van der Waals surface area contributed by atoms with E-state index in [-0.39, 0.29) is 5.56 Å². The van der Waals surface area contributed by atoms with Crippen LogP contribution in [-0.4, -0.2) is 17.8 Å². The molecule has 0 radical (unpaired) electrons. The Balaban J connectivity index is 2.34. The summed E-state index contributed by atoms with van der Waals surface area (Å²) in [5.74, 6) is -0.952. The maximum atomic E-state index is 13.4. The zero-order valence-electron chi connectivity index (χ0n) is 10.0. The molecular weight excluding hydrogens is 321 g/mol. The molecule has 2 nitrogen and oxygen atoms in total. The maximum absolute atomic E-state index is 13.4. The van der Waals surface area contributed by atoms with Gasteiger partial charge in [-0.05, 0) is 31.0 Å². The number of carbonyl (C=O) groups is 1. The van der Waals surface area contributed by atoms with Gasteiger partial charge in [0.05, 0.1) is 5.56 Å². The fraction of sp³-hybridized carbons (Fsp3) is 0.462. The molecule has 0 spiro atoms. The average Bonchev–Trinajstić information content (AvgIpc) is 2.36. The Hall–Kier alpha value is -0.610. The molecule has 0 bridgehead atoms. The van der Waals surface area contributed by atoms with Gasteiger partial charge in [0, 0.05) is 16.9 Å². The molecule has 0 aromatic heterocycles. The van der Waals surface area contributed by atoms with Crippen LogP contribution in [0.4, 0.5) is 4.39 Å². The molecule has 18 heavy (non-hydrogen) atoms. The van der Waals surface area contributed by atoms with Gasteiger partial charge in [-0.3, -0.25) is 4.79 Å². The lowest BCUT2D eigenvalue weighted by atomic mass is 10.2. The largest absolute Gasteiger partial charge is 0.352 e. The molecule has 0 aliphatic carbocycles. The fourth-order valence-electron chi connectivity index (χ4n) is 1.54. The number of unbranched alkanes of at least 4 members (excludes halogenated alkanes) is 3. The monoisotopic (exact) mass is 335 g/mol. The predicted molar refractivity (Wildman–Crippen MR) is 76.0 cm³/mol. The lowest BCUT2D eigenvalue weighted by molar-refractivity contribution is 0.0949. The zero-order chi connectivity index (χ0) is 13.4. The van der Waals surface area contributed by atoms with Gasteiger partial charge in [-0.15, -0.1) is 0 Å². The minimum atomic E-state index is -0.545. The van der Waals surface area contributed by atoms with Crippen molar-refractivity contribution in [2.75, 3.05) is 11.9 Å². The summed E-state index contributed by atoms with van der Waals surface area (Å²) < 4.78 is 13.4. The molecule has 1 N–H and O–H groups in total. The number of carbonyl (C=O) groups excluding carboxylic acids is 1. The van der Waals surface area contributed by atoms with Gasteiger partial charge in [0.2, 0.25) is 0 Å². The summed E-state index contributed by atoms with van der Waals surface area (Å²) in [7, 11) is 0. The van der Waals surface area contributed by atoms with E-state index in [1.165, 1.54) is 18.2 Å². The SMILES string of the molecule is O=C(NCCCCCCBr)c1cc(Cl)ccc1F. The van der Waals surface area contributed by atoms with Crippen molar-refractivity contribution in [3.63, 3.8) is 0 Å². The average molecular weight is 337 g/mol. The van der Waals surface area contributed by atoms with E-state index in [1.807, 2.05) is 0 Å². The van der Waals surface area contributed by atoms with Crippen molar-refractivity contribution in [1.29, 1.82) is 0 Å². The van der Waals surface area contributed by atoms with Crippen molar-refractivity contribution in [3.05, 3.63) is 34.6 Å². The minimum absolute atomic E-state index is 0.00274. The molecule has 100 valence electrons. The molecule has 1 aromatic carbocycles. The van der Waals surface area contributed by atoms with Crippen molar-refractivity contribution in [3.8, 4) is 0 Å². The van der Waals surface area contributed by atoms with Crippen LogP contribution in [0.2, 0.25) is 5.02 Å². The molecule has 1 amide bonds. The smallest absolute Gasteiger partial charge is 0.254 e. The molecule has 0 saturated carbocycles. The molecule has 5 heteroatoms. The molecule has 0 aliphatic rings. The Morgan fingerprint density at radius 1 is 1.28 bits per heavy atom. The molecule has 0 fully saturated rings. The van der Waals surface area contributed by atoms with Crippen molar-refractivity contribution in [2.24, 2.45) is 0 Å². The van der Waals surface area contributed by atoms with E-state index in [9.17, 15) is 9.18 Å². The van der Waals surface area contributed by atoms with Crippen LogP contribution >= 0.6 is 27.5 Å². The van der Waals surface area contributed by atoms with Gasteiger partial charge in [-0.2, -0.15) is 0 Å². The number of halogens is 3. The van der Waals surface area contributed by atoms with Crippen molar-refractivity contribution < 1.29 is 9.18 Å². The summed E-state index contributed by atoms with van der Waals surface area (Å²) in [5.41, 5.74) is 0.00274. The highest BCUT2D eigenvalue weighted by Crippen LogP contribution is 2.14. The molecular formula is C13H16BrClFNO. The number of rotatable bonds is 7. The van der Waals surface area contributed by atoms with E-state index in [1.54, 1.807) is 0 Å². The van der Waals surface area contributed by atoms with Gasteiger partial charge in [0.1, 0.15) is 5.82 Å². The highest BCUT2D eigenvalue weighted by Gasteiger charge is 2.11. The minimum Gasteiger partial charge on any atom is -0.352 e. The van der Waals surface area contributed by atoms with Crippen molar-refractivity contribution >= 4 is 33.4 Å². The van der Waals surface area contributed by atoms with Crippen LogP contribution in [0.1, 0.15) is 36.0 Å². The Labute approximate surface area is 120 Å². The maximum Gasteiger partial charge on any atom is 0.254 e.